The summed E-state index contributed by atoms with van der Waals surface area (Å²) in [5, 5.41) is 6.11. The maximum atomic E-state index is 13.2. The fourth-order valence-electron chi connectivity index (χ4n) is 2.65. The molecule has 1 amide bonds. The molecule has 0 fully saturated rings. The number of amides is 1. The SMILES string of the molecule is O=C(CNC(c1ccccc1)c1ccc(F)cc1)Nc1ccccc1. The van der Waals surface area contributed by atoms with Crippen LogP contribution in [0.15, 0.2) is 84.9 Å². The van der Waals surface area contributed by atoms with E-state index in [0.29, 0.717) is 0 Å². The van der Waals surface area contributed by atoms with E-state index in [1.807, 2.05) is 60.7 Å². The van der Waals surface area contributed by atoms with E-state index in [2.05, 4.69) is 10.6 Å². The van der Waals surface area contributed by atoms with Crippen molar-refractivity contribution in [2.24, 2.45) is 0 Å². The van der Waals surface area contributed by atoms with Crippen LogP contribution in [0.25, 0.3) is 0 Å². The molecular weight excluding hydrogens is 315 g/mol. The highest BCUT2D eigenvalue weighted by Gasteiger charge is 2.15. The lowest BCUT2D eigenvalue weighted by molar-refractivity contribution is -0.115. The molecule has 0 heterocycles. The lowest BCUT2D eigenvalue weighted by Crippen LogP contribution is -2.31. The summed E-state index contributed by atoms with van der Waals surface area (Å²) in [6, 6.07) is 25.2. The fraction of sp³-hybridized carbons (Fsp3) is 0.0952. The minimum atomic E-state index is -0.280. The minimum Gasteiger partial charge on any atom is -0.325 e. The average molecular weight is 334 g/mol. The zero-order valence-corrected chi connectivity index (χ0v) is 13.7. The van der Waals surface area contributed by atoms with Gasteiger partial charge < -0.3 is 5.32 Å². The topological polar surface area (TPSA) is 41.1 Å². The fourth-order valence-corrected chi connectivity index (χ4v) is 2.65. The van der Waals surface area contributed by atoms with Gasteiger partial charge in [-0.15, -0.1) is 0 Å². The van der Waals surface area contributed by atoms with Gasteiger partial charge >= 0.3 is 0 Å². The van der Waals surface area contributed by atoms with E-state index >= 15 is 0 Å². The maximum Gasteiger partial charge on any atom is 0.238 e. The molecule has 0 saturated carbocycles. The molecule has 126 valence electrons. The Balaban J connectivity index is 1.72. The minimum absolute atomic E-state index is 0.130. The van der Waals surface area contributed by atoms with E-state index in [-0.39, 0.29) is 24.3 Å². The molecule has 2 N–H and O–H groups in total. The summed E-state index contributed by atoms with van der Waals surface area (Å²) in [5.74, 6) is -0.411. The molecule has 0 saturated heterocycles. The number of halogens is 1. The molecule has 0 aromatic heterocycles. The predicted octanol–water partition coefficient (Wildman–Crippen LogP) is 4.14. The molecular formula is C21H19FN2O. The molecule has 1 atom stereocenters. The molecule has 1 unspecified atom stereocenters. The molecule has 4 heteroatoms. The van der Waals surface area contributed by atoms with Gasteiger partial charge in [-0.3, -0.25) is 10.1 Å². The Morgan fingerprint density at radius 3 is 2.00 bits per heavy atom. The normalized spacial score (nSPS) is 11.7. The van der Waals surface area contributed by atoms with Crippen molar-refractivity contribution in [3.63, 3.8) is 0 Å². The molecule has 3 aromatic rings. The highest BCUT2D eigenvalue weighted by atomic mass is 19.1. The average Bonchev–Trinajstić information content (AvgIpc) is 2.65. The van der Waals surface area contributed by atoms with E-state index in [4.69, 9.17) is 0 Å². The molecule has 3 aromatic carbocycles. The molecule has 0 aliphatic carbocycles. The summed E-state index contributed by atoms with van der Waals surface area (Å²) in [4.78, 5) is 12.2. The molecule has 0 radical (unpaired) electrons. The molecule has 25 heavy (non-hydrogen) atoms. The van der Waals surface area contributed by atoms with Crippen molar-refractivity contribution < 1.29 is 9.18 Å². The van der Waals surface area contributed by atoms with Crippen molar-refractivity contribution in [1.29, 1.82) is 0 Å². The summed E-state index contributed by atoms with van der Waals surface area (Å²) in [6.45, 7) is 0.145. The number of rotatable bonds is 6. The molecule has 0 bridgehead atoms. The number of carbonyl (C=O) groups is 1. The third kappa shape index (κ3) is 4.75. The Bertz CT molecular complexity index is 804. The first-order chi connectivity index (χ1) is 12.2. The van der Waals surface area contributed by atoms with E-state index in [1.165, 1.54) is 12.1 Å². The molecule has 3 rings (SSSR count). The van der Waals surface area contributed by atoms with Crippen molar-refractivity contribution >= 4 is 11.6 Å². The van der Waals surface area contributed by atoms with Crippen LogP contribution in [0, 0.1) is 5.82 Å². The van der Waals surface area contributed by atoms with Crippen LogP contribution in [-0.2, 0) is 4.79 Å². The Labute approximate surface area is 146 Å². The van der Waals surface area contributed by atoms with Crippen LogP contribution < -0.4 is 10.6 Å². The molecule has 0 aliphatic heterocycles. The first kappa shape index (κ1) is 16.9. The van der Waals surface area contributed by atoms with Crippen molar-refractivity contribution in [1.82, 2.24) is 5.32 Å². The number of para-hydroxylation sites is 1. The largest absolute Gasteiger partial charge is 0.325 e. The van der Waals surface area contributed by atoms with Crippen molar-refractivity contribution in [3.8, 4) is 0 Å². The zero-order chi connectivity index (χ0) is 17.5. The lowest BCUT2D eigenvalue weighted by Gasteiger charge is -2.20. The van der Waals surface area contributed by atoms with Gasteiger partial charge in [0, 0.05) is 5.69 Å². The van der Waals surface area contributed by atoms with Crippen LogP contribution in [0.3, 0.4) is 0 Å². The van der Waals surface area contributed by atoms with Crippen molar-refractivity contribution in [2.45, 2.75) is 6.04 Å². The number of anilines is 1. The summed E-state index contributed by atoms with van der Waals surface area (Å²) >= 11 is 0. The highest BCUT2D eigenvalue weighted by Crippen LogP contribution is 2.22. The first-order valence-corrected chi connectivity index (χ1v) is 8.11. The van der Waals surface area contributed by atoms with Crippen LogP contribution >= 0.6 is 0 Å². The van der Waals surface area contributed by atoms with Gasteiger partial charge in [0.15, 0.2) is 0 Å². The number of nitrogens with one attached hydrogen (secondary N) is 2. The maximum absolute atomic E-state index is 13.2. The summed E-state index contributed by atoms with van der Waals surface area (Å²) in [6.07, 6.45) is 0. The van der Waals surface area contributed by atoms with Gasteiger partial charge in [0.25, 0.3) is 0 Å². The van der Waals surface area contributed by atoms with Gasteiger partial charge in [0.05, 0.1) is 12.6 Å². The van der Waals surface area contributed by atoms with Gasteiger partial charge in [-0.1, -0.05) is 60.7 Å². The van der Waals surface area contributed by atoms with E-state index in [0.717, 1.165) is 16.8 Å². The number of hydrogen-bond donors (Lipinski definition) is 2. The van der Waals surface area contributed by atoms with Crippen LogP contribution in [-0.4, -0.2) is 12.5 Å². The summed E-state index contributed by atoms with van der Waals surface area (Å²) in [5.41, 5.74) is 2.68. The number of carbonyl (C=O) groups excluding carboxylic acids is 1. The Morgan fingerprint density at radius 2 is 1.36 bits per heavy atom. The second-order valence-electron chi connectivity index (χ2n) is 5.69. The van der Waals surface area contributed by atoms with Crippen molar-refractivity contribution in [3.05, 3.63) is 102 Å². The molecule has 0 aliphatic rings. The van der Waals surface area contributed by atoms with E-state index in [1.54, 1.807) is 12.1 Å². The van der Waals surface area contributed by atoms with Gasteiger partial charge in [-0.25, -0.2) is 4.39 Å². The van der Waals surface area contributed by atoms with Gasteiger partial charge in [0.1, 0.15) is 5.82 Å². The number of hydrogen-bond acceptors (Lipinski definition) is 2. The quantitative estimate of drug-likeness (QED) is 0.711. The first-order valence-electron chi connectivity index (χ1n) is 8.11. The second-order valence-corrected chi connectivity index (χ2v) is 5.69. The van der Waals surface area contributed by atoms with E-state index < -0.39 is 0 Å². The Kier molecular flexibility index (Phi) is 5.54. The third-order valence-electron chi connectivity index (χ3n) is 3.86. The van der Waals surface area contributed by atoms with Crippen molar-refractivity contribution in [2.75, 3.05) is 11.9 Å². The van der Waals surface area contributed by atoms with Crippen LogP contribution in [0.1, 0.15) is 17.2 Å². The monoisotopic (exact) mass is 334 g/mol. The Hall–Kier alpha value is -2.98. The third-order valence-corrected chi connectivity index (χ3v) is 3.86. The van der Waals surface area contributed by atoms with Crippen LogP contribution in [0.2, 0.25) is 0 Å². The van der Waals surface area contributed by atoms with Gasteiger partial charge in [0.2, 0.25) is 5.91 Å². The Morgan fingerprint density at radius 1 is 0.800 bits per heavy atom. The van der Waals surface area contributed by atoms with Crippen LogP contribution in [0.4, 0.5) is 10.1 Å². The second kappa shape index (κ2) is 8.22. The molecule has 0 spiro atoms. The van der Waals surface area contributed by atoms with Gasteiger partial charge in [-0.2, -0.15) is 0 Å². The lowest BCUT2D eigenvalue weighted by atomic mass is 9.98. The summed E-state index contributed by atoms with van der Waals surface area (Å²) < 4.78 is 13.2. The van der Waals surface area contributed by atoms with Crippen LogP contribution in [0.5, 0.6) is 0 Å². The number of benzene rings is 3. The standard InChI is InChI=1S/C21H19FN2O/c22-18-13-11-17(12-14-18)21(16-7-3-1-4-8-16)23-15-20(25)24-19-9-5-2-6-10-19/h1-14,21,23H,15H2,(H,24,25). The predicted molar refractivity (Wildman–Crippen MR) is 97.8 cm³/mol. The van der Waals surface area contributed by atoms with E-state index in [9.17, 15) is 9.18 Å². The van der Waals surface area contributed by atoms with Gasteiger partial charge in [-0.05, 0) is 35.4 Å². The highest BCUT2D eigenvalue weighted by molar-refractivity contribution is 5.92. The zero-order valence-electron chi connectivity index (χ0n) is 13.7. The smallest absolute Gasteiger partial charge is 0.238 e. The molecule has 3 nitrogen and oxygen atoms in total. The summed E-state index contributed by atoms with van der Waals surface area (Å²) in [7, 11) is 0.